The molecule has 4 nitrogen and oxygen atoms in total. The molecule has 0 fully saturated rings. The van der Waals surface area contributed by atoms with E-state index in [4.69, 9.17) is 16.3 Å². The Morgan fingerprint density at radius 2 is 2.17 bits per heavy atom. The van der Waals surface area contributed by atoms with E-state index < -0.39 is 0 Å². The summed E-state index contributed by atoms with van der Waals surface area (Å²) in [7, 11) is 0. The molecule has 24 heavy (non-hydrogen) atoms. The molecule has 0 radical (unpaired) electrons. The van der Waals surface area contributed by atoms with Crippen molar-refractivity contribution in [3.63, 3.8) is 0 Å². The SMILES string of the molecule is CCC(=O)NC[C@@H]1Cc2cc(-c3ccc(C(C)=O)s3)cc(Cl)c2O1. The normalized spacial score (nSPS) is 15.7. The molecule has 2 heterocycles. The summed E-state index contributed by atoms with van der Waals surface area (Å²) in [6, 6.07) is 7.69. The van der Waals surface area contributed by atoms with Gasteiger partial charge in [-0.1, -0.05) is 18.5 Å². The first kappa shape index (κ1) is 17.0. The summed E-state index contributed by atoms with van der Waals surface area (Å²) in [5.41, 5.74) is 2.02. The van der Waals surface area contributed by atoms with Gasteiger partial charge in [-0.2, -0.15) is 0 Å². The Morgan fingerprint density at radius 1 is 1.38 bits per heavy atom. The van der Waals surface area contributed by atoms with Gasteiger partial charge in [0, 0.05) is 23.3 Å². The van der Waals surface area contributed by atoms with Gasteiger partial charge in [0.1, 0.15) is 11.9 Å². The van der Waals surface area contributed by atoms with Gasteiger partial charge in [0.25, 0.3) is 0 Å². The van der Waals surface area contributed by atoms with Gasteiger partial charge in [0.2, 0.25) is 5.91 Å². The van der Waals surface area contributed by atoms with Crippen LogP contribution in [0.15, 0.2) is 24.3 Å². The summed E-state index contributed by atoms with van der Waals surface area (Å²) in [5, 5.41) is 3.41. The Bertz CT molecular complexity index is 800. The Labute approximate surface area is 149 Å². The Morgan fingerprint density at radius 3 is 2.83 bits per heavy atom. The van der Waals surface area contributed by atoms with E-state index in [0.717, 1.165) is 20.9 Å². The average Bonchev–Trinajstić information content (AvgIpc) is 3.19. The maximum Gasteiger partial charge on any atom is 0.219 e. The molecule has 0 unspecified atom stereocenters. The molecule has 2 aromatic rings. The highest BCUT2D eigenvalue weighted by Gasteiger charge is 2.26. The van der Waals surface area contributed by atoms with E-state index >= 15 is 0 Å². The summed E-state index contributed by atoms with van der Waals surface area (Å²) < 4.78 is 5.87. The fraction of sp³-hybridized carbons (Fsp3) is 0.333. The largest absolute Gasteiger partial charge is 0.486 e. The van der Waals surface area contributed by atoms with Crippen molar-refractivity contribution in [3.8, 4) is 16.2 Å². The van der Waals surface area contributed by atoms with Crippen LogP contribution in [-0.2, 0) is 11.2 Å². The first-order valence-corrected chi connectivity index (χ1v) is 9.04. The lowest BCUT2D eigenvalue weighted by molar-refractivity contribution is -0.121. The predicted molar refractivity (Wildman–Crippen MR) is 96.2 cm³/mol. The molecule has 0 aliphatic carbocycles. The molecule has 3 rings (SSSR count). The summed E-state index contributed by atoms with van der Waals surface area (Å²) >= 11 is 7.83. The smallest absolute Gasteiger partial charge is 0.219 e. The van der Waals surface area contributed by atoms with Crippen LogP contribution in [0.5, 0.6) is 5.75 Å². The third-order valence-electron chi connectivity index (χ3n) is 3.94. The van der Waals surface area contributed by atoms with Gasteiger partial charge in [-0.3, -0.25) is 9.59 Å². The number of halogens is 1. The highest BCUT2D eigenvalue weighted by molar-refractivity contribution is 7.17. The van der Waals surface area contributed by atoms with Crippen LogP contribution in [0.3, 0.4) is 0 Å². The highest BCUT2D eigenvalue weighted by Crippen LogP contribution is 2.41. The zero-order valence-electron chi connectivity index (χ0n) is 13.5. The fourth-order valence-corrected chi connectivity index (χ4v) is 3.85. The number of ketones is 1. The van der Waals surface area contributed by atoms with Crippen LogP contribution in [-0.4, -0.2) is 24.3 Å². The summed E-state index contributed by atoms with van der Waals surface area (Å²) in [4.78, 5) is 24.6. The lowest BCUT2D eigenvalue weighted by Gasteiger charge is -2.11. The Hall–Kier alpha value is -1.85. The van der Waals surface area contributed by atoms with Crippen molar-refractivity contribution in [1.82, 2.24) is 5.32 Å². The van der Waals surface area contributed by atoms with E-state index in [1.165, 1.54) is 11.3 Å². The molecule has 126 valence electrons. The number of fused-ring (bicyclic) bond motifs is 1. The van der Waals surface area contributed by atoms with Crippen LogP contribution in [0.4, 0.5) is 0 Å². The van der Waals surface area contributed by atoms with Gasteiger partial charge in [-0.05, 0) is 36.8 Å². The van der Waals surface area contributed by atoms with Crippen molar-refractivity contribution in [2.45, 2.75) is 32.8 Å². The van der Waals surface area contributed by atoms with Crippen LogP contribution in [0.25, 0.3) is 10.4 Å². The summed E-state index contributed by atoms with van der Waals surface area (Å²) in [5.74, 6) is 0.768. The van der Waals surface area contributed by atoms with E-state index in [0.29, 0.717) is 30.2 Å². The molecule has 0 saturated heterocycles. The number of carbonyl (C=O) groups is 2. The number of Topliss-reactive ketones (excluding diaryl/α,β-unsaturated/α-hetero) is 1. The average molecular weight is 364 g/mol. The van der Waals surface area contributed by atoms with Gasteiger partial charge >= 0.3 is 0 Å². The van der Waals surface area contributed by atoms with Crippen LogP contribution >= 0.6 is 22.9 Å². The van der Waals surface area contributed by atoms with Crippen molar-refractivity contribution >= 4 is 34.6 Å². The number of amides is 1. The second kappa shape index (κ2) is 6.95. The zero-order chi connectivity index (χ0) is 17.3. The van der Waals surface area contributed by atoms with Gasteiger partial charge < -0.3 is 10.1 Å². The molecular weight excluding hydrogens is 346 g/mol. The second-order valence-corrected chi connectivity index (χ2v) is 7.26. The molecule has 1 N–H and O–H groups in total. The first-order valence-electron chi connectivity index (χ1n) is 7.84. The van der Waals surface area contributed by atoms with E-state index in [9.17, 15) is 9.59 Å². The van der Waals surface area contributed by atoms with Crippen LogP contribution in [0, 0.1) is 0 Å². The van der Waals surface area contributed by atoms with E-state index in [1.807, 2.05) is 25.1 Å². The molecule has 0 saturated carbocycles. The number of thiophene rings is 1. The minimum atomic E-state index is -0.0978. The van der Waals surface area contributed by atoms with Crippen molar-refractivity contribution in [2.24, 2.45) is 0 Å². The van der Waals surface area contributed by atoms with E-state index in [-0.39, 0.29) is 17.8 Å². The van der Waals surface area contributed by atoms with Gasteiger partial charge in [-0.15, -0.1) is 11.3 Å². The number of carbonyl (C=O) groups excluding carboxylic acids is 2. The lowest BCUT2D eigenvalue weighted by Crippen LogP contribution is -2.33. The van der Waals surface area contributed by atoms with Crippen LogP contribution in [0.1, 0.15) is 35.5 Å². The molecule has 1 aliphatic rings. The lowest BCUT2D eigenvalue weighted by atomic mass is 10.1. The van der Waals surface area contributed by atoms with Crippen molar-refractivity contribution in [1.29, 1.82) is 0 Å². The second-order valence-electron chi connectivity index (χ2n) is 5.77. The molecule has 1 aromatic carbocycles. The van der Waals surface area contributed by atoms with Crippen molar-refractivity contribution in [3.05, 3.63) is 39.7 Å². The maximum atomic E-state index is 11.5. The fourth-order valence-electron chi connectivity index (χ4n) is 2.68. The summed E-state index contributed by atoms with van der Waals surface area (Å²) in [6.07, 6.45) is 1.07. The molecule has 1 amide bonds. The molecule has 0 spiro atoms. The third kappa shape index (κ3) is 3.47. The molecule has 1 atom stereocenters. The summed E-state index contributed by atoms with van der Waals surface area (Å²) in [6.45, 7) is 3.86. The number of ether oxygens (including phenoxy) is 1. The quantitative estimate of drug-likeness (QED) is 0.813. The first-order chi connectivity index (χ1) is 11.5. The number of hydrogen-bond acceptors (Lipinski definition) is 4. The number of rotatable bonds is 5. The van der Waals surface area contributed by atoms with Crippen molar-refractivity contribution < 1.29 is 14.3 Å². The molecule has 0 bridgehead atoms. The molecule has 1 aliphatic heterocycles. The van der Waals surface area contributed by atoms with Gasteiger partial charge in [-0.25, -0.2) is 0 Å². The monoisotopic (exact) mass is 363 g/mol. The minimum Gasteiger partial charge on any atom is -0.486 e. The zero-order valence-corrected chi connectivity index (χ0v) is 15.1. The van der Waals surface area contributed by atoms with E-state index in [1.54, 1.807) is 6.92 Å². The standard InChI is InChI=1S/C18H18ClNO3S/c1-3-17(22)20-9-13-7-12-6-11(8-14(19)18(12)23-13)16-5-4-15(24-16)10(2)21/h4-6,8,13H,3,7,9H2,1-2H3,(H,20,22)/t13-/m0/s1. The molecule has 6 heteroatoms. The molecular formula is C18H18ClNO3S. The molecule has 1 aromatic heterocycles. The Balaban J connectivity index is 1.79. The topological polar surface area (TPSA) is 55.4 Å². The number of nitrogens with one attached hydrogen (secondary N) is 1. The third-order valence-corrected chi connectivity index (χ3v) is 5.45. The van der Waals surface area contributed by atoms with Crippen molar-refractivity contribution in [2.75, 3.05) is 6.54 Å². The predicted octanol–water partition coefficient (Wildman–Crippen LogP) is 4.10. The minimum absolute atomic E-state index is 0.0108. The van der Waals surface area contributed by atoms with Crippen LogP contribution in [0.2, 0.25) is 5.02 Å². The maximum absolute atomic E-state index is 11.5. The van der Waals surface area contributed by atoms with E-state index in [2.05, 4.69) is 11.4 Å². The Kier molecular flexibility index (Phi) is 4.92. The number of benzene rings is 1. The van der Waals surface area contributed by atoms with Gasteiger partial charge in [0.15, 0.2) is 5.78 Å². The highest BCUT2D eigenvalue weighted by atomic mass is 35.5. The van der Waals surface area contributed by atoms with Crippen LogP contribution < -0.4 is 10.1 Å². The van der Waals surface area contributed by atoms with Gasteiger partial charge in [0.05, 0.1) is 16.4 Å². The number of hydrogen-bond donors (Lipinski definition) is 1.